The zero-order valence-electron chi connectivity index (χ0n) is 18.7. The summed E-state index contributed by atoms with van der Waals surface area (Å²) < 4.78 is 25.4. The van der Waals surface area contributed by atoms with Gasteiger partial charge in [-0.25, -0.2) is 9.18 Å². The van der Waals surface area contributed by atoms with Crippen LogP contribution >= 0.6 is 0 Å². The van der Waals surface area contributed by atoms with E-state index in [1.54, 1.807) is 4.90 Å². The maximum Gasteiger partial charge on any atom is 0.324 e. The molecule has 1 saturated carbocycles. The maximum atomic E-state index is 14.1. The van der Waals surface area contributed by atoms with Crippen LogP contribution in [0.3, 0.4) is 0 Å². The summed E-state index contributed by atoms with van der Waals surface area (Å²) in [7, 11) is 0. The number of nitrogens with one attached hydrogen (secondary N) is 2. The van der Waals surface area contributed by atoms with E-state index in [0.717, 1.165) is 44.2 Å². The molecular weight excluding hydrogens is 413 g/mol. The molecule has 2 aliphatic heterocycles. The number of urea groups is 1. The number of ether oxygens (including phenoxy) is 2. The molecule has 8 heteroatoms. The predicted molar refractivity (Wildman–Crippen MR) is 118 cm³/mol. The van der Waals surface area contributed by atoms with Crippen molar-refractivity contribution in [3.05, 3.63) is 29.6 Å². The highest BCUT2D eigenvalue weighted by atomic mass is 19.1. The topological polar surface area (TPSA) is 79.9 Å². The van der Waals surface area contributed by atoms with Crippen LogP contribution in [0.4, 0.5) is 9.18 Å². The number of imide groups is 1. The first kappa shape index (κ1) is 23.0. The van der Waals surface area contributed by atoms with Crippen molar-refractivity contribution in [2.75, 3.05) is 39.5 Å². The van der Waals surface area contributed by atoms with Gasteiger partial charge in [-0.1, -0.05) is 25.3 Å². The molecule has 0 spiro atoms. The van der Waals surface area contributed by atoms with E-state index in [1.165, 1.54) is 18.9 Å². The third-order valence-corrected chi connectivity index (χ3v) is 6.56. The molecule has 32 heavy (non-hydrogen) atoms. The third kappa shape index (κ3) is 5.98. The molecule has 0 bridgehead atoms. The van der Waals surface area contributed by atoms with Gasteiger partial charge in [-0.2, -0.15) is 0 Å². The third-order valence-electron chi connectivity index (χ3n) is 6.56. The van der Waals surface area contributed by atoms with Crippen LogP contribution in [0.25, 0.3) is 0 Å². The highest BCUT2D eigenvalue weighted by Gasteiger charge is 2.40. The van der Waals surface area contributed by atoms with E-state index in [-0.39, 0.29) is 23.3 Å². The van der Waals surface area contributed by atoms with Crippen LogP contribution < -0.4 is 15.4 Å². The van der Waals surface area contributed by atoms with E-state index in [1.807, 2.05) is 12.1 Å². The lowest BCUT2D eigenvalue weighted by molar-refractivity contribution is -0.121. The molecule has 0 unspecified atom stereocenters. The molecule has 176 valence electrons. The van der Waals surface area contributed by atoms with Crippen molar-refractivity contribution < 1.29 is 23.5 Å². The molecule has 1 aliphatic carbocycles. The van der Waals surface area contributed by atoms with Crippen molar-refractivity contribution in [1.29, 1.82) is 0 Å². The molecule has 1 aromatic rings. The summed E-state index contributed by atoms with van der Waals surface area (Å²) in [6, 6.07) is 4.90. The normalized spacial score (nSPS) is 20.1. The molecule has 1 aromatic carbocycles. The number of halogens is 1. The van der Waals surface area contributed by atoms with Crippen LogP contribution in [-0.4, -0.2) is 56.3 Å². The van der Waals surface area contributed by atoms with Crippen LogP contribution in [0, 0.1) is 11.7 Å². The molecule has 2 saturated heterocycles. The largest absolute Gasteiger partial charge is 0.490 e. The minimum absolute atomic E-state index is 0.184. The second-order valence-electron chi connectivity index (χ2n) is 9.26. The summed E-state index contributed by atoms with van der Waals surface area (Å²) >= 11 is 0. The van der Waals surface area contributed by atoms with Gasteiger partial charge in [0.25, 0.3) is 0 Å². The summed E-state index contributed by atoms with van der Waals surface area (Å²) in [5, 5.41) is 5.99. The average molecular weight is 448 g/mol. The first-order valence-electron chi connectivity index (χ1n) is 11.9. The van der Waals surface area contributed by atoms with Gasteiger partial charge in [-0.05, 0) is 55.8 Å². The van der Waals surface area contributed by atoms with Crippen LogP contribution in [0.2, 0.25) is 0 Å². The Hall–Kier alpha value is -2.19. The number of carbonyl (C=O) groups excluding carboxylic acids is 2. The lowest BCUT2D eigenvalue weighted by atomic mass is 9.87. The number of amides is 3. The lowest BCUT2D eigenvalue weighted by Gasteiger charge is -2.43. The smallest absolute Gasteiger partial charge is 0.324 e. The summed E-state index contributed by atoms with van der Waals surface area (Å²) in [4.78, 5) is 24.6. The Labute approximate surface area is 189 Å². The predicted octanol–water partition coefficient (Wildman–Crippen LogP) is 3.32. The Balaban J connectivity index is 1.14. The highest BCUT2D eigenvalue weighted by molar-refractivity contribution is 5.96. The zero-order chi connectivity index (χ0) is 22.4. The van der Waals surface area contributed by atoms with Crippen molar-refractivity contribution in [2.45, 2.75) is 56.9 Å². The number of benzene rings is 1. The molecule has 0 aromatic heterocycles. The number of nitrogens with zero attached hydrogens (tertiary/aromatic N) is 1. The molecule has 2 N–H and O–H groups in total. The second kappa shape index (κ2) is 10.6. The monoisotopic (exact) mass is 447 g/mol. The van der Waals surface area contributed by atoms with E-state index in [9.17, 15) is 14.0 Å². The number of hydrogen-bond acceptors (Lipinski definition) is 5. The Kier molecular flexibility index (Phi) is 7.63. The number of carbonyl (C=O) groups is 2. The van der Waals surface area contributed by atoms with Gasteiger partial charge in [0.2, 0.25) is 5.91 Å². The molecule has 3 amide bonds. The Bertz CT molecular complexity index is 810. The molecular formula is C24H34FN3O4. The van der Waals surface area contributed by atoms with E-state index < -0.39 is 0 Å². The molecule has 4 rings (SSSR count). The molecule has 2 heterocycles. The van der Waals surface area contributed by atoms with E-state index in [0.29, 0.717) is 51.0 Å². The average Bonchev–Trinajstić information content (AvgIpc) is 3.57. The first-order valence-corrected chi connectivity index (χ1v) is 11.9. The van der Waals surface area contributed by atoms with Gasteiger partial charge in [-0.3, -0.25) is 10.1 Å². The fourth-order valence-electron chi connectivity index (χ4n) is 4.18. The van der Waals surface area contributed by atoms with Gasteiger partial charge in [0.1, 0.15) is 0 Å². The fourth-order valence-corrected chi connectivity index (χ4v) is 4.18. The molecule has 3 aliphatic rings. The van der Waals surface area contributed by atoms with Crippen molar-refractivity contribution in [1.82, 2.24) is 15.5 Å². The van der Waals surface area contributed by atoms with Crippen molar-refractivity contribution >= 4 is 11.9 Å². The Morgan fingerprint density at radius 2 is 1.94 bits per heavy atom. The van der Waals surface area contributed by atoms with Gasteiger partial charge in [0.15, 0.2) is 11.6 Å². The lowest BCUT2D eigenvalue weighted by Crippen LogP contribution is -2.57. The maximum absolute atomic E-state index is 14.1. The first-order chi connectivity index (χ1) is 15.6. The number of rotatable bonds is 13. The van der Waals surface area contributed by atoms with Gasteiger partial charge in [0.05, 0.1) is 25.4 Å². The molecule has 3 fully saturated rings. The van der Waals surface area contributed by atoms with E-state index >= 15 is 0 Å². The quantitative estimate of drug-likeness (QED) is 0.454. The van der Waals surface area contributed by atoms with Crippen molar-refractivity contribution in [3.8, 4) is 5.75 Å². The fraction of sp³-hybridized carbons (Fsp3) is 0.667. The van der Waals surface area contributed by atoms with Gasteiger partial charge >= 0.3 is 6.03 Å². The summed E-state index contributed by atoms with van der Waals surface area (Å²) in [5.74, 6) is 0.432. The van der Waals surface area contributed by atoms with Gasteiger partial charge < -0.3 is 19.7 Å². The summed E-state index contributed by atoms with van der Waals surface area (Å²) in [5.41, 5.74) is 0.763. The van der Waals surface area contributed by atoms with Crippen molar-refractivity contribution in [3.63, 3.8) is 0 Å². The SMILES string of the molecule is O=C1CCN(CCCCCCCNC2(c3ccc(F)c(OCC4CC4)c3)COC2)C(=O)N1. The second-order valence-corrected chi connectivity index (χ2v) is 9.26. The van der Waals surface area contributed by atoms with Gasteiger partial charge in [0, 0.05) is 19.5 Å². The Morgan fingerprint density at radius 3 is 2.66 bits per heavy atom. The van der Waals surface area contributed by atoms with Crippen molar-refractivity contribution in [2.24, 2.45) is 5.92 Å². The number of hydrogen-bond donors (Lipinski definition) is 2. The highest BCUT2D eigenvalue weighted by Crippen LogP contribution is 2.34. The zero-order valence-corrected chi connectivity index (χ0v) is 18.7. The minimum atomic E-state index is -0.307. The van der Waals surface area contributed by atoms with Crippen LogP contribution in [0.15, 0.2) is 18.2 Å². The van der Waals surface area contributed by atoms with E-state index in [4.69, 9.17) is 9.47 Å². The van der Waals surface area contributed by atoms with Gasteiger partial charge in [-0.15, -0.1) is 0 Å². The standard InChI is InChI=1S/C24H34FN3O4/c25-20-9-8-19(14-21(20)32-15-18-6-7-18)24(16-31-17-24)26-11-4-2-1-3-5-12-28-13-10-22(29)27-23(28)30/h8-9,14,18,26H,1-7,10-13,15-17H2,(H,27,29,30). The molecule has 0 radical (unpaired) electrons. The Morgan fingerprint density at radius 1 is 1.16 bits per heavy atom. The molecule has 0 atom stereocenters. The van der Waals surface area contributed by atoms with E-state index in [2.05, 4.69) is 10.6 Å². The van der Waals surface area contributed by atoms with Crippen LogP contribution in [0.1, 0.15) is 56.9 Å². The minimum Gasteiger partial charge on any atom is -0.490 e. The molecule has 7 nitrogen and oxygen atoms in total. The van der Waals surface area contributed by atoms with Crippen LogP contribution in [0.5, 0.6) is 5.75 Å². The summed E-state index contributed by atoms with van der Waals surface area (Å²) in [6.45, 7) is 3.86. The van der Waals surface area contributed by atoms with Crippen LogP contribution in [-0.2, 0) is 15.1 Å². The number of unbranched alkanes of at least 4 members (excludes halogenated alkanes) is 4. The summed E-state index contributed by atoms with van der Waals surface area (Å²) in [6.07, 6.45) is 8.02.